The van der Waals surface area contributed by atoms with E-state index in [2.05, 4.69) is 5.32 Å². The first-order valence-electron chi connectivity index (χ1n) is 12.1. The summed E-state index contributed by atoms with van der Waals surface area (Å²) in [5, 5.41) is 2.84. The zero-order valence-electron chi connectivity index (χ0n) is 20.8. The van der Waals surface area contributed by atoms with Gasteiger partial charge in [-0.05, 0) is 68.1 Å². The molecule has 3 aromatic carbocycles. The van der Waals surface area contributed by atoms with Gasteiger partial charge in [-0.1, -0.05) is 48.9 Å². The number of sulfonamides is 1. The smallest absolute Gasteiger partial charge is 0.264 e. The number of para-hydroxylation sites is 1. The molecule has 0 atom stereocenters. The first kappa shape index (κ1) is 25.4. The molecule has 1 aliphatic heterocycles. The van der Waals surface area contributed by atoms with Crippen molar-refractivity contribution >= 4 is 38.9 Å². The highest BCUT2D eigenvalue weighted by molar-refractivity contribution is 7.92. The van der Waals surface area contributed by atoms with Gasteiger partial charge in [0.2, 0.25) is 11.8 Å². The summed E-state index contributed by atoms with van der Waals surface area (Å²) in [7, 11) is -4.01. The lowest BCUT2D eigenvalue weighted by atomic mass is 10.1. The number of amides is 2. The van der Waals surface area contributed by atoms with E-state index >= 15 is 0 Å². The van der Waals surface area contributed by atoms with Gasteiger partial charge in [-0.3, -0.25) is 13.9 Å². The Kier molecular flexibility index (Phi) is 7.45. The van der Waals surface area contributed by atoms with Gasteiger partial charge in [0, 0.05) is 24.3 Å². The molecule has 8 heteroatoms. The fourth-order valence-electron chi connectivity index (χ4n) is 4.40. The van der Waals surface area contributed by atoms with Crippen molar-refractivity contribution in [1.29, 1.82) is 0 Å². The average Bonchev–Trinajstić information content (AvgIpc) is 3.29. The molecular weight excluding hydrogens is 474 g/mol. The molecule has 7 nitrogen and oxygen atoms in total. The van der Waals surface area contributed by atoms with Gasteiger partial charge >= 0.3 is 0 Å². The van der Waals surface area contributed by atoms with E-state index in [0.717, 1.165) is 28.8 Å². The van der Waals surface area contributed by atoms with Gasteiger partial charge in [0.25, 0.3) is 10.0 Å². The Hall–Kier alpha value is -3.65. The lowest BCUT2D eigenvalue weighted by molar-refractivity contribution is -0.117. The summed E-state index contributed by atoms with van der Waals surface area (Å²) >= 11 is 0. The zero-order chi connectivity index (χ0) is 25.9. The largest absolute Gasteiger partial charge is 0.324 e. The van der Waals surface area contributed by atoms with Crippen LogP contribution in [0.5, 0.6) is 0 Å². The summed E-state index contributed by atoms with van der Waals surface area (Å²) < 4.78 is 28.6. The van der Waals surface area contributed by atoms with Crippen LogP contribution >= 0.6 is 0 Å². The fourth-order valence-corrected chi connectivity index (χ4v) is 5.86. The number of benzene rings is 3. The zero-order valence-corrected chi connectivity index (χ0v) is 21.6. The minimum atomic E-state index is -4.01. The molecule has 3 aromatic rings. The number of aryl methyl sites for hydroxylation is 3. The monoisotopic (exact) mass is 505 g/mol. The lowest BCUT2D eigenvalue weighted by Crippen LogP contribution is -2.38. The van der Waals surface area contributed by atoms with Crippen LogP contribution in [0.25, 0.3) is 0 Å². The van der Waals surface area contributed by atoms with Crippen molar-refractivity contribution in [2.24, 2.45) is 0 Å². The number of nitrogens with zero attached hydrogens (tertiary/aromatic N) is 2. The maximum absolute atomic E-state index is 13.7. The van der Waals surface area contributed by atoms with E-state index < -0.39 is 15.9 Å². The molecule has 0 bridgehead atoms. The van der Waals surface area contributed by atoms with Crippen LogP contribution in [0.3, 0.4) is 0 Å². The van der Waals surface area contributed by atoms with E-state index in [4.69, 9.17) is 0 Å². The van der Waals surface area contributed by atoms with E-state index in [0.29, 0.717) is 30.8 Å². The molecule has 0 spiro atoms. The van der Waals surface area contributed by atoms with E-state index in [1.165, 1.54) is 4.31 Å². The average molecular weight is 506 g/mol. The minimum absolute atomic E-state index is 0.0631. The van der Waals surface area contributed by atoms with Crippen LogP contribution in [-0.4, -0.2) is 33.3 Å². The van der Waals surface area contributed by atoms with Gasteiger partial charge in [0.1, 0.15) is 6.54 Å². The molecular formula is C28H31N3O4S. The molecule has 0 radical (unpaired) electrons. The fraction of sp³-hybridized carbons (Fsp3) is 0.286. The molecule has 1 N–H and O–H groups in total. The van der Waals surface area contributed by atoms with Crippen molar-refractivity contribution in [3.8, 4) is 0 Å². The SMILES string of the molecule is CCc1ccccc1N(CC(=O)Nc1ccc(C)c(N2CCCC2=O)c1)S(=O)(=O)c1ccc(C)cc1. The first-order chi connectivity index (χ1) is 17.2. The summed E-state index contributed by atoms with van der Waals surface area (Å²) in [5.41, 5.74) is 4.45. The maximum Gasteiger partial charge on any atom is 0.264 e. The molecule has 188 valence electrons. The maximum atomic E-state index is 13.7. The second kappa shape index (κ2) is 10.5. The van der Waals surface area contributed by atoms with Gasteiger partial charge in [-0.2, -0.15) is 0 Å². The van der Waals surface area contributed by atoms with Crippen LogP contribution in [0.1, 0.15) is 36.5 Å². The molecule has 1 heterocycles. The predicted molar refractivity (Wildman–Crippen MR) is 143 cm³/mol. The molecule has 0 saturated carbocycles. The molecule has 0 aromatic heterocycles. The Bertz CT molecular complexity index is 1380. The van der Waals surface area contributed by atoms with Crippen molar-refractivity contribution in [2.75, 3.05) is 27.6 Å². The van der Waals surface area contributed by atoms with Crippen LogP contribution in [0, 0.1) is 13.8 Å². The third-order valence-electron chi connectivity index (χ3n) is 6.39. The molecule has 1 aliphatic rings. The normalized spacial score (nSPS) is 13.6. The summed E-state index contributed by atoms with van der Waals surface area (Å²) in [6, 6.07) is 19.2. The quantitative estimate of drug-likeness (QED) is 0.475. The molecule has 0 unspecified atom stereocenters. The Labute approximate surface area is 212 Å². The molecule has 1 saturated heterocycles. The Balaban J connectivity index is 1.65. The summed E-state index contributed by atoms with van der Waals surface area (Å²) in [6.07, 6.45) is 1.93. The van der Waals surface area contributed by atoms with Crippen LogP contribution in [0.15, 0.2) is 71.6 Å². The number of carbonyl (C=O) groups is 2. The van der Waals surface area contributed by atoms with Gasteiger partial charge in [-0.15, -0.1) is 0 Å². The number of hydrogen-bond donors (Lipinski definition) is 1. The van der Waals surface area contributed by atoms with Crippen LogP contribution < -0.4 is 14.5 Å². The second-order valence-corrected chi connectivity index (χ2v) is 10.9. The minimum Gasteiger partial charge on any atom is -0.324 e. The number of nitrogens with one attached hydrogen (secondary N) is 1. The highest BCUT2D eigenvalue weighted by Crippen LogP contribution is 2.30. The van der Waals surface area contributed by atoms with Crippen molar-refractivity contribution in [1.82, 2.24) is 0 Å². The highest BCUT2D eigenvalue weighted by Gasteiger charge is 2.29. The lowest BCUT2D eigenvalue weighted by Gasteiger charge is -2.26. The number of carbonyl (C=O) groups excluding carboxylic acids is 2. The van der Waals surface area contributed by atoms with Crippen LogP contribution in [0.4, 0.5) is 17.1 Å². The Morgan fingerprint density at radius 2 is 1.75 bits per heavy atom. The third-order valence-corrected chi connectivity index (χ3v) is 8.17. The summed E-state index contributed by atoms with van der Waals surface area (Å²) in [6.45, 7) is 6.01. The van der Waals surface area contributed by atoms with E-state index in [1.807, 2.05) is 39.0 Å². The van der Waals surface area contributed by atoms with Crippen LogP contribution in [0.2, 0.25) is 0 Å². The second-order valence-electron chi connectivity index (χ2n) is 9.01. The number of anilines is 3. The Morgan fingerprint density at radius 3 is 2.42 bits per heavy atom. The number of rotatable bonds is 8. The van der Waals surface area contributed by atoms with Gasteiger partial charge in [0.05, 0.1) is 10.6 Å². The van der Waals surface area contributed by atoms with Crippen molar-refractivity contribution < 1.29 is 18.0 Å². The van der Waals surface area contributed by atoms with Crippen molar-refractivity contribution in [3.05, 3.63) is 83.4 Å². The van der Waals surface area contributed by atoms with Gasteiger partial charge in [-0.25, -0.2) is 8.42 Å². The Morgan fingerprint density at radius 1 is 1.03 bits per heavy atom. The predicted octanol–water partition coefficient (Wildman–Crippen LogP) is 4.83. The standard InChI is InChI=1S/C28H31N3O4S/c1-4-22-8-5-6-9-25(22)31(36(34,35)24-15-11-20(2)12-16-24)19-27(32)29-23-14-13-21(3)26(18-23)30-17-7-10-28(30)33/h5-6,8-9,11-16,18H,4,7,10,17,19H2,1-3H3,(H,29,32). The third kappa shape index (κ3) is 5.28. The topological polar surface area (TPSA) is 86.8 Å². The van der Waals surface area contributed by atoms with Crippen LogP contribution in [-0.2, 0) is 26.0 Å². The number of hydrogen-bond acceptors (Lipinski definition) is 4. The van der Waals surface area contributed by atoms with E-state index in [1.54, 1.807) is 53.4 Å². The molecule has 0 aliphatic carbocycles. The highest BCUT2D eigenvalue weighted by atomic mass is 32.2. The van der Waals surface area contributed by atoms with Crippen molar-refractivity contribution in [3.63, 3.8) is 0 Å². The van der Waals surface area contributed by atoms with Gasteiger partial charge < -0.3 is 10.2 Å². The molecule has 36 heavy (non-hydrogen) atoms. The summed E-state index contributed by atoms with van der Waals surface area (Å²) in [5.74, 6) is -0.410. The molecule has 4 rings (SSSR count). The summed E-state index contributed by atoms with van der Waals surface area (Å²) in [4.78, 5) is 27.3. The molecule has 1 fully saturated rings. The van der Waals surface area contributed by atoms with E-state index in [9.17, 15) is 18.0 Å². The molecule has 2 amide bonds. The van der Waals surface area contributed by atoms with Gasteiger partial charge in [0.15, 0.2) is 0 Å². The first-order valence-corrected chi connectivity index (χ1v) is 13.5. The van der Waals surface area contributed by atoms with Crippen molar-refractivity contribution in [2.45, 2.75) is 44.9 Å². The van der Waals surface area contributed by atoms with E-state index in [-0.39, 0.29) is 17.3 Å².